The topological polar surface area (TPSA) is 51.2 Å². The van der Waals surface area contributed by atoms with Gasteiger partial charge in [0.1, 0.15) is 10.8 Å². The number of rotatable bonds is 4. The molecule has 1 unspecified atom stereocenters. The Kier molecular flexibility index (Phi) is 5.04. The molecule has 4 nitrogen and oxygen atoms in total. The van der Waals surface area contributed by atoms with Gasteiger partial charge in [-0.05, 0) is 18.2 Å². The van der Waals surface area contributed by atoms with Crippen LogP contribution in [0.25, 0.3) is 10.6 Å². The van der Waals surface area contributed by atoms with Crippen molar-refractivity contribution in [3.05, 3.63) is 69.6 Å². The highest BCUT2D eigenvalue weighted by Gasteiger charge is 2.23. The SMILES string of the molecule is O=C(Cc1csc(-c2ccccc2)n1)NC1CCOc2ccc(Br)cc21. The van der Waals surface area contributed by atoms with Crippen molar-refractivity contribution >= 4 is 33.2 Å². The summed E-state index contributed by atoms with van der Waals surface area (Å²) in [6.45, 7) is 0.606. The number of carbonyl (C=O) groups excluding carboxylic acids is 1. The standard InChI is InChI=1S/C20H17BrN2O2S/c21-14-6-7-18-16(10-14)17(8-9-25-18)23-19(24)11-15-12-26-20(22-15)13-4-2-1-3-5-13/h1-7,10,12,17H,8-9,11H2,(H,23,24). The van der Waals surface area contributed by atoms with Gasteiger partial charge in [-0.1, -0.05) is 46.3 Å². The van der Waals surface area contributed by atoms with Crippen LogP contribution in [0.2, 0.25) is 0 Å². The van der Waals surface area contributed by atoms with Crippen molar-refractivity contribution in [2.75, 3.05) is 6.61 Å². The van der Waals surface area contributed by atoms with Gasteiger partial charge in [-0.15, -0.1) is 11.3 Å². The summed E-state index contributed by atoms with van der Waals surface area (Å²) in [4.78, 5) is 17.1. The van der Waals surface area contributed by atoms with Crippen LogP contribution >= 0.6 is 27.3 Å². The van der Waals surface area contributed by atoms with Crippen LogP contribution in [0.3, 0.4) is 0 Å². The molecule has 0 fully saturated rings. The molecule has 26 heavy (non-hydrogen) atoms. The second kappa shape index (κ2) is 7.60. The molecule has 0 bridgehead atoms. The third kappa shape index (κ3) is 3.81. The van der Waals surface area contributed by atoms with Crippen LogP contribution in [-0.2, 0) is 11.2 Å². The van der Waals surface area contributed by atoms with E-state index in [0.717, 1.165) is 38.5 Å². The van der Waals surface area contributed by atoms with E-state index in [2.05, 4.69) is 26.2 Å². The van der Waals surface area contributed by atoms with Crippen molar-refractivity contribution in [2.24, 2.45) is 0 Å². The molecule has 0 saturated carbocycles. The second-order valence-corrected chi connectivity index (χ2v) is 7.90. The quantitative estimate of drug-likeness (QED) is 0.651. The number of hydrogen-bond donors (Lipinski definition) is 1. The van der Waals surface area contributed by atoms with Gasteiger partial charge in [0.15, 0.2) is 0 Å². The number of halogens is 1. The van der Waals surface area contributed by atoms with Gasteiger partial charge < -0.3 is 10.1 Å². The largest absolute Gasteiger partial charge is 0.493 e. The molecule has 1 N–H and O–H groups in total. The van der Waals surface area contributed by atoms with E-state index in [1.165, 1.54) is 0 Å². The summed E-state index contributed by atoms with van der Waals surface area (Å²) in [7, 11) is 0. The molecular weight excluding hydrogens is 412 g/mol. The van der Waals surface area contributed by atoms with Gasteiger partial charge in [0.25, 0.3) is 0 Å². The molecule has 1 amide bonds. The van der Waals surface area contributed by atoms with E-state index in [4.69, 9.17) is 4.74 Å². The number of nitrogens with one attached hydrogen (secondary N) is 1. The summed E-state index contributed by atoms with van der Waals surface area (Å²) >= 11 is 5.05. The minimum Gasteiger partial charge on any atom is -0.493 e. The highest BCUT2D eigenvalue weighted by Crippen LogP contribution is 2.34. The molecule has 1 aliphatic rings. The Balaban J connectivity index is 1.44. The van der Waals surface area contributed by atoms with Crippen LogP contribution in [0.1, 0.15) is 23.7 Å². The Hall–Kier alpha value is -2.18. The molecule has 0 spiro atoms. The van der Waals surface area contributed by atoms with Gasteiger partial charge in [-0.2, -0.15) is 0 Å². The Morgan fingerprint density at radius 3 is 2.96 bits per heavy atom. The van der Waals surface area contributed by atoms with Crippen molar-refractivity contribution in [3.8, 4) is 16.3 Å². The number of thiazole rings is 1. The van der Waals surface area contributed by atoms with Gasteiger partial charge >= 0.3 is 0 Å². The lowest BCUT2D eigenvalue weighted by molar-refractivity contribution is -0.121. The maximum atomic E-state index is 12.5. The Morgan fingerprint density at radius 1 is 1.27 bits per heavy atom. The average molecular weight is 429 g/mol. The summed E-state index contributed by atoms with van der Waals surface area (Å²) in [5, 5.41) is 6.02. The van der Waals surface area contributed by atoms with Crippen LogP contribution in [0, 0.1) is 0 Å². The molecule has 1 aliphatic heterocycles. The maximum absolute atomic E-state index is 12.5. The molecule has 1 atom stereocenters. The highest BCUT2D eigenvalue weighted by atomic mass is 79.9. The van der Waals surface area contributed by atoms with Crippen LogP contribution < -0.4 is 10.1 Å². The van der Waals surface area contributed by atoms with Gasteiger partial charge in [-0.3, -0.25) is 4.79 Å². The Morgan fingerprint density at radius 2 is 2.12 bits per heavy atom. The third-order valence-corrected chi connectivity index (χ3v) is 5.69. The minimum absolute atomic E-state index is 0.0206. The van der Waals surface area contributed by atoms with Crippen LogP contribution in [0.4, 0.5) is 0 Å². The molecule has 0 saturated heterocycles. The fourth-order valence-corrected chi connectivity index (χ4v) is 4.23. The molecule has 1 aromatic heterocycles. The number of benzene rings is 2. The predicted octanol–water partition coefficient (Wildman–Crippen LogP) is 4.76. The van der Waals surface area contributed by atoms with Crippen molar-refractivity contribution < 1.29 is 9.53 Å². The summed E-state index contributed by atoms with van der Waals surface area (Å²) in [6, 6.07) is 15.9. The van der Waals surface area contributed by atoms with Gasteiger partial charge in [0.05, 0.1) is 24.8 Å². The zero-order valence-corrected chi connectivity index (χ0v) is 16.3. The third-order valence-electron chi connectivity index (χ3n) is 4.26. The highest BCUT2D eigenvalue weighted by molar-refractivity contribution is 9.10. The van der Waals surface area contributed by atoms with Crippen molar-refractivity contribution in [2.45, 2.75) is 18.9 Å². The van der Waals surface area contributed by atoms with Gasteiger partial charge in [-0.25, -0.2) is 4.98 Å². The van der Waals surface area contributed by atoms with E-state index >= 15 is 0 Å². The fraction of sp³-hybridized carbons (Fsp3) is 0.200. The summed E-state index contributed by atoms with van der Waals surface area (Å²) in [5.41, 5.74) is 2.89. The van der Waals surface area contributed by atoms with E-state index in [0.29, 0.717) is 6.61 Å². The molecule has 4 rings (SSSR count). The molecule has 3 aromatic rings. The molecule has 0 radical (unpaired) electrons. The van der Waals surface area contributed by atoms with Gasteiger partial charge in [0, 0.05) is 27.4 Å². The number of aromatic nitrogens is 1. The van der Waals surface area contributed by atoms with Crippen LogP contribution in [-0.4, -0.2) is 17.5 Å². The van der Waals surface area contributed by atoms with E-state index in [-0.39, 0.29) is 18.4 Å². The first-order valence-electron chi connectivity index (χ1n) is 8.40. The van der Waals surface area contributed by atoms with Crippen LogP contribution in [0.5, 0.6) is 5.75 Å². The van der Waals surface area contributed by atoms with E-state index < -0.39 is 0 Å². The van der Waals surface area contributed by atoms with E-state index in [1.807, 2.05) is 53.9 Å². The smallest absolute Gasteiger partial charge is 0.226 e. The minimum atomic E-state index is -0.0315. The Bertz CT molecular complexity index is 927. The first-order valence-corrected chi connectivity index (χ1v) is 10.1. The predicted molar refractivity (Wildman–Crippen MR) is 106 cm³/mol. The monoisotopic (exact) mass is 428 g/mol. The number of nitrogens with zero attached hydrogens (tertiary/aromatic N) is 1. The van der Waals surface area contributed by atoms with Gasteiger partial charge in [0.2, 0.25) is 5.91 Å². The van der Waals surface area contributed by atoms with E-state index in [9.17, 15) is 4.79 Å². The maximum Gasteiger partial charge on any atom is 0.226 e. The fourth-order valence-electron chi connectivity index (χ4n) is 3.03. The molecule has 2 heterocycles. The molecule has 0 aliphatic carbocycles. The number of amides is 1. The average Bonchev–Trinajstić information content (AvgIpc) is 3.11. The number of carbonyl (C=O) groups is 1. The summed E-state index contributed by atoms with van der Waals surface area (Å²) in [5.74, 6) is 0.817. The normalized spacial score (nSPS) is 15.8. The summed E-state index contributed by atoms with van der Waals surface area (Å²) in [6.07, 6.45) is 1.05. The molecule has 132 valence electrons. The first kappa shape index (κ1) is 17.2. The lowest BCUT2D eigenvalue weighted by atomic mass is 10.0. The first-order chi connectivity index (χ1) is 12.7. The molecular formula is C20H17BrN2O2S. The molecule has 2 aromatic carbocycles. The van der Waals surface area contributed by atoms with E-state index in [1.54, 1.807) is 11.3 Å². The number of hydrogen-bond acceptors (Lipinski definition) is 4. The lowest BCUT2D eigenvalue weighted by Crippen LogP contribution is -2.33. The Labute approximate surface area is 164 Å². The molecule has 6 heteroatoms. The van der Waals surface area contributed by atoms with Crippen molar-refractivity contribution in [3.63, 3.8) is 0 Å². The van der Waals surface area contributed by atoms with Crippen LogP contribution in [0.15, 0.2) is 58.4 Å². The zero-order chi connectivity index (χ0) is 17.9. The second-order valence-electron chi connectivity index (χ2n) is 6.13. The number of fused-ring (bicyclic) bond motifs is 1. The lowest BCUT2D eigenvalue weighted by Gasteiger charge is -2.26. The van der Waals surface area contributed by atoms with Crippen molar-refractivity contribution in [1.29, 1.82) is 0 Å². The zero-order valence-electron chi connectivity index (χ0n) is 13.9. The van der Waals surface area contributed by atoms with Crippen molar-refractivity contribution in [1.82, 2.24) is 10.3 Å². The summed E-state index contributed by atoms with van der Waals surface area (Å²) < 4.78 is 6.66. The number of ether oxygens (including phenoxy) is 1.